The van der Waals surface area contributed by atoms with E-state index in [1.165, 1.54) is 0 Å². The van der Waals surface area contributed by atoms with Crippen LogP contribution in [0.4, 0.5) is 0 Å². The van der Waals surface area contributed by atoms with Gasteiger partial charge in [-0.05, 0) is 30.7 Å². The molecule has 1 heterocycles. The third-order valence-electron chi connectivity index (χ3n) is 3.47. The zero-order valence-corrected chi connectivity index (χ0v) is 12.8. The lowest BCUT2D eigenvalue weighted by Gasteiger charge is -2.19. The van der Waals surface area contributed by atoms with Gasteiger partial charge in [0.05, 0.1) is 0 Å². The van der Waals surface area contributed by atoms with E-state index in [2.05, 4.69) is 10.6 Å². The molecular formula is C16H24N2O3. The Morgan fingerprint density at radius 1 is 1.29 bits per heavy atom. The summed E-state index contributed by atoms with van der Waals surface area (Å²) >= 11 is 0. The Balaban J connectivity index is 1.77. The van der Waals surface area contributed by atoms with E-state index in [1.54, 1.807) is 0 Å². The number of rotatable bonds is 7. The minimum atomic E-state index is -0.00906. The zero-order valence-electron chi connectivity index (χ0n) is 12.8. The molecule has 21 heavy (non-hydrogen) atoms. The molecule has 0 spiro atoms. The smallest absolute Gasteiger partial charge is 0.224 e. The SMILES string of the molecule is CCNCC(C)C(=O)NCCc1ccc2c(c1)OCCO2. The van der Waals surface area contributed by atoms with Gasteiger partial charge in [-0.3, -0.25) is 4.79 Å². The highest BCUT2D eigenvalue weighted by atomic mass is 16.6. The zero-order chi connectivity index (χ0) is 15.1. The van der Waals surface area contributed by atoms with Gasteiger partial charge in [-0.1, -0.05) is 19.9 Å². The lowest BCUT2D eigenvalue weighted by Crippen LogP contribution is -2.36. The maximum Gasteiger partial charge on any atom is 0.224 e. The van der Waals surface area contributed by atoms with Crippen molar-refractivity contribution in [2.75, 3.05) is 32.8 Å². The quantitative estimate of drug-likeness (QED) is 0.797. The molecule has 0 bridgehead atoms. The summed E-state index contributed by atoms with van der Waals surface area (Å²) in [5, 5.41) is 6.15. The Bertz CT molecular complexity index is 477. The molecule has 0 saturated carbocycles. The van der Waals surface area contributed by atoms with Crippen LogP contribution in [-0.2, 0) is 11.2 Å². The van der Waals surface area contributed by atoms with E-state index >= 15 is 0 Å². The van der Waals surface area contributed by atoms with Crippen molar-refractivity contribution in [2.24, 2.45) is 5.92 Å². The predicted octanol–water partition coefficient (Wildman–Crippen LogP) is 1.36. The first kappa shape index (κ1) is 15.6. The van der Waals surface area contributed by atoms with Gasteiger partial charge < -0.3 is 20.1 Å². The molecule has 0 saturated heterocycles. The van der Waals surface area contributed by atoms with Gasteiger partial charge in [0.15, 0.2) is 11.5 Å². The highest BCUT2D eigenvalue weighted by molar-refractivity contribution is 5.78. The fraction of sp³-hybridized carbons (Fsp3) is 0.562. The van der Waals surface area contributed by atoms with Gasteiger partial charge in [-0.15, -0.1) is 0 Å². The van der Waals surface area contributed by atoms with Gasteiger partial charge in [0.25, 0.3) is 0 Å². The number of nitrogens with one attached hydrogen (secondary N) is 2. The molecule has 1 amide bonds. The van der Waals surface area contributed by atoms with E-state index < -0.39 is 0 Å². The van der Waals surface area contributed by atoms with Crippen LogP contribution in [0.2, 0.25) is 0 Å². The van der Waals surface area contributed by atoms with Gasteiger partial charge >= 0.3 is 0 Å². The monoisotopic (exact) mass is 292 g/mol. The molecule has 5 heteroatoms. The highest BCUT2D eigenvalue weighted by Gasteiger charge is 2.13. The van der Waals surface area contributed by atoms with Crippen LogP contribution < -0.4 is 20.1 Å². The van der Waals surface area contributed by atoms with Crippen molar-refractivity contribution in [3.8, 4) is 11.5 Å². The lowest BCUT2D eigenvalue weighted by atomic mass is 10.1. The van der Waals surface area contributed by atoms with Gasteiger partial charge in [0.1, 0.15) is 13.2 Å². The summed E-state index contributed by atoms with van der Waals surface area (Å²) in [6.07, 6.45) is 0.788. The van der Waals surface area contributed by atoms with Crippen LogP contribution in [0.5, 0.6) is 11.5 Å². The van der Waals surface area contributed by atoms with Gasteiger partial charge in [0, 0.05) is 19.0 Å². The molecule has 1 aliphatic rings. The number of amides is 1. The maximum absolute atomic E-state index is 11.9. The second-order valence-corrected chi connectivity index (χ2v) is 5.23. The molecule has 1 unspecified atom stereocenters. The molecule has 1 aromatic rings. The Hall–Kier alpha value is -1.75. The summed E-state index contributed by atoms with van der Waals surface area (Å²) in [5.74, 6) is 1.68. The van der Waals surface area contributed by atoms with E-state index in [1.807, 2.05) is 32.0 Å². The van der Waals surface area contributed by atoms with E-state index in [4.69, 9.17) is 9.47 Å². The fourth-order valence-electron chi connectivity index (χ4n) is 2.20. The molecule has 0 fully saturated rings. The molecule has 116 valence electrons. The van der Waals surface area contributed by atoms with Gasteiger partial charge in [-0.25, -0.2) is 0 Å². The molecule has 5 nitrogen and oxygen atoms in total. The second-order valence-electron chi connectivity index (χ2n) is 5.23. The first-order valence-electron chi connectivity index (χ1n) is 7.57. The molecule has 2 rings (SSSR count). The Morgan fingerprint density at radius 3 is 2.81 bits per heavy atom. The Morgan fingerprint density at radius 2 is 2.05 bits per heavy atom. The number of fused-ring (bicyclic) bond motifs is 1. The topological polar surface area (TPSA) is 59.6 Å². The van der Waals surface area contributed by atoms with Crippen molar-refractivity contribution in [1.82, 2.24) is 10.6 Å². The largest absolute Gasteiger partial charge is 0.486 e. The Labute approximate surface area is 126 Å². The molecule has 0 aromatic heterocycles. The van der Waals surface area contributed by atoms with Gasteiger partial charge in [0.2, 0.25) is 5.91 Å². The fourth-order valence-corrected chi connectivity index (χ4v) is 2.20. The van der Waals surface area contributed by atoms with Crippen molar-refractivity contribution < 1.29 is 14.3 Å². The average molecular weight is 292 g/mol. The number of carbonyl (C=O) groups is 1. The molecule has 1 aromatic carbocycles. The van der Waals surface area contributed by atoms with Crippen molar-refractivity contribution in [1.29, 1.82) is 0 Å². The van der Waals surface area contributed by atoms with E-state index in [0.29, 0.717) is 26.3 Å². The minimum Gasteiger partial charge on any atom is -0.486 e. The summed E-state index contributed by atoms with van der Waals surface area (Å²) in [4.78, 5) is 11.9. The summed E-state index contributed by atoms with van der Waals surface area (Å²) in [7, 11) is 0. The first-order valence-corrected chi connectivity index (χ1v) is 7.57. The van der Waals surface area contributed by atoms with Crippen molar-refractivity contribution >= 4 is 5.91 Å². The van der Waals surface area contributed by atoms with Crippen LogP contribution in [0.15, 0.2) is 18.2 Å². The summed E-state index contributed by atoms with van der Waals surface area (Å²) < 4.78 is 11.0. The number of carbonyl (C=O) groups excluding carboxylic acids is 1. The molecule has 2 N–H and O–H groups in total. The molecule has 0 radical (unpaired) electrons. The summed E-state index contributed by atoms with van der Waals surface area (Å²) in [6.45, 7) is 7.39. The van der Waals surface area contributed by atoms with Crippen molar-refractivity contribution in [3.63, 3.8) is 0 Å². The predicted molar refractivity (Wildman–Crippen MR) is 81.9 cm³/mol. The Kier molecular flexibility index (Phi) is 5.87. The maximum atomic E-state index is 11.9. The molecule has 1 aliphatic heterocycles. The molecule has 0 aliphatic carbocycles. The van der Waals surface area contributed by atoms with Crippen LogP contribution in [-0.4, -0.2) is 38.8 Å². The normalized spacial score (nSPS) is 14.6. The molecular weight excluding hydrogens is 268 g/mol. The number of ether oxygens (including phenoxy) is 2. The van der Waals surface area contributed by atoms with Crippen LogP contribution in [0.1, 0.15) is 19.4 Å². The first-order chi connectivity index (χ1) is 10.2. The van der Waals surface area contributed by atoms with Crippen molar-refractivity contribution in [3.05, 3.63) is 23.8 Å². The third kappa shape index (κ3) is 4.63. The van der Waals surface area contributed by atoms with E-state index in [-0.39, 0.29) is 11.8 Å². The third-order valence-corrected chi connectivity index (χ3v) is 3.47. The molecule has 1 atom stereocenters. The lowest BCUT2D eigenvalue weighted by molar-refractivity contribution is -0.124. The standard InChI is InChI=1S/C16H24N2O3/c1-3-17-11-12(2)16(19)18-7-6-13-4-5-14-15(10-13)21-9-8-20-14/h4-5,10,12,17H,3,6-9,11H2,1-2H3,(H,18,19). The van der Waals surface area contributed by atoms with Crippen LogP contribution in [0.25, 0.3) is 0 Å². The van der Waals surface area contributed by atoms with Crippen LogP contribution >= 0.6 is 0 Å². The minimum absolute atomic E-state index is 0.00906. The van der Waals surface area contributed by atoms with Gasteiger partial charge in [-0.2, -0.15) is 0 Å². The summed E-state index contributed by atoms with van der Waals surface area (Å²) in [6, 6.07) is 5.93. The average Bonchev–Trinajstić information content (AvgIpc) is 2.52. The number of benzene rings is 1. The van der Waals surface area contributed by atoms with Crippen molar-refractivity contribution in [2.45, 2.75) is 20.3 Å². The highest BCUT2D eigenvalue weighted by Crippen LogP contribution is 2.30. The van der Waals surface area contributed by atoms with Crippen LogP contribution in [0, 0.1) is 5.92 Å². The summed E-state index contributed by atoms with van der Waals surface area (Å²) in [5.41, 5.74) is 1.14. The van der Waals surface area contributed by atoms with E-state index in [0.717, 1.165) is 30.0 Å². The van der Waals surface area contributed by atoms with E-state index in [9.17, 15) is 4.79 Å². The number of hydrogen-bond donors (Lipinski definition) is 2. The number of hydrogen-bond acceptors (Lipinski definition) is 4. The second kappa shape index (κ2) is 7.88. The van der Waals surface area contributed by atoms with Crippen LogP contribution in [0.3, 0.4) is 0 Å².